The zero-order chi connectivity index (χ0) is 19.0. The topological polar surface area (TPSA) is 69.7 Å². The van der Waals surface area contributed by atoms with Crippen LogP contribution in [-0.4, -0.2) is 37.0 Å². The SMILES string of the molecule is CCOc1ncccc1C(=O)NCCOc1ccc(OC(F)(F)F)cc1. The second kappa shape index (κ2) is 8.93. The van der Waals surface area contributed by atoms with Crippen LogP contribution in [-0.2, 0) is 0 Å². The van der Waals surface area contributed by atoms with Crippen molar-refractivity contribution in [3.8, 4) is 17.4 Å². The highest BCUT2D eigenvalue weighted by Gasteiger charge is 2.30. The maximum Gasteiger partial charge on any atom is 0.573 e. The molecule has 1 aromatic carbocycles. The zero-order valence-electron chi connectivity index (χ0n) is 13.9. The first-order valence-corrected chi connectivity index (χ1v) is 7.73. The normalized spacial score (nSPS) is 10.9. The summed E-state index contributed by atoms with van der Waals surface area (Å²) in [6.45, 7) is 2.50. The van der Waals surface area contributed by atoms with Crippen LogP contribution in [0.4, 0.5) is 13.2 Å². The van der Waals surface area contributed by atoms with E-state index in [0.717, 1.165) is 12.1 Å². The Hall–Kier alpha value is -2.97. The highest BCUT2D eigenvalue weighted by Crippen LogP contribution is 2.24. The molecule has 9 heteroatoms. The fourth-order valence-corrected chi connectivity index (χ4v) is 1.98. The summed E-state index contributed by atoms with van der Waals surface area (Å²) >= 11 is 0. The molecular formula is C17H17F3N2O4. The number of amides is 1. The molecule has 1 amide bonds. The Bertz CT molecular complexity index is 721. The second-order valence-corrected chi connectivity index (χ2v) is 4.91. The number of hydrogen-bond acceptors (Lipinski definition) is 5. The van der Waals surface area contributed by atoms with Crippen LogP contribution >= 0.6 is 0 Å². The van der Waals surface area contributed by atoms with Gasteiger partial charge in [-0.25, -0.2) is 4.98 Å². The van der Waals surface area contributed by atoms with E-state index in [9.17, 15) is 18.0 Å². The van der Waals surface area contributed by atoms with Crippen LogP contribution < -0.4 is 19.5 Å². The monoisotopic (exact) mass is 370 g/mol. The molecule has 0 spiro atoms. The summed E-state index contributed by atoms with van der Waals surface area (Å²) in [5.41, 5.74) is 0.308. The lowest BCUT2D eigenvalue weighted by atomic mass is 10.2. The Labute approximate surface area is 147 Å². The van der Waals surface area contributed by atoms with Crippen molar-refractivity contribution in [1.82, 2.24) is 10.3 Å². The Morgan fingerprint density at radius 1 is 1.12 bits per heavy atom. The number of carbonyl (C=O) groups excluding carboxylic acids is 1. The number of ether oxygens (including phenoxy) is 3. The van der Waals surface area contributed by atoms with Gasteiger partial charge in [0.15, 0.2) is 0 Å². The number of hydrogen-bond donors (Lipinski definition) is 1. The number of aromatic nitrogens is 1. The average molecular weight is 370 g/mol. The van der Waals surface area contributed by atoms with Crippen LogP contribution in [0.25, 0.3) is 0 Å². The average Bonchev–Trinajstić information content (AvgIpc) is 2.59. The molecule has 0 aliphatic carbocycles. The Kier molecular flexibility index (Phi) is 6.65. The number of rotatable bonds is 8. The maximum absolute atomic E-state index is 12.1. The highest BCUT2D eigenvalue weighted by atomic mass is 19.4. The van der Waals surface area contributed by atoms with E-state index in [4.69, 9.17) is 9.47 Å². The molecule has 0 radical (unpaired) electrons. The third kappa shape index (κ3) is 6.15. The van der Waals surface area contributed by atoms with Gasteiger partial charge in [0, 0.05) is 6.20 Å². The zero-order valence-corrected chi connectivity index (χ0v) is 13.9. The molecule has 1 N–H and O–H groups in total. The smallest absolute Gasteiger partial charge is 0.492 e. The summed E-state index contributed by atoms with van der Waals surface area (Å²) in [6.07, 6.45) is -3.21. The lowest BCUT2D eigenvalue weighted by molar-refractivity contribution is -0.274. The van der Waals surface area contributed by atoms with Crippen LogP contribution in [0.5, 0.6) is 17.4 Å². The predicted octanol–water partition coefficient (Wildman–Crippen LogP) is 3.19. The van der Waals surface area contributed by atoms with Crippen molar-refractivity contribution in [3.05, 3.63) is 48.2 Å². The minimum atomic E-state index is -4.74. The van der Waals surface area contributed by atoms with Crippen molar-refractivity contribution < 1.29 is 32.2 Å². The molecule has 0 unspecified atom stereocenters. The van der Waals surface area contributed by atoms with Crippen LogP contribution in [0.2, 0.25) is 0 Å². The first kappa shape index (κ1) is 19.4. The van der Waals surface area contributed by atoms with E-state index in [0.29, 0.717) is 17.9 Å². The molecule has 0 aliphatic heterocycles. The predicted molar refractivity (Wildman–Crippen MR) is 86.4 cm³/mol. The number of alkyl halides is 3. The molecule has 0 bridgehead atoms. The summed E-state index contributed by atoms with van der Waals surface area (Å²) in [5, 5.41) is 2.65. The minimum absolute atomic E-state index is 0.134. The number of carbonyl (C=O) groups is 1. The molecule has 0 fully saturated rings. The third-order valence-electron chi connectivity index (χ3n) is 3.01. The van der Waals surface area contributed by atoms with Gasteiger partial charge >= 0.3 is 6.36 Å². The molecule has 1 aromatic heterocycles. The van der Waals surface area contributed by atoms with E-state index < -0.39 is 6.36 Å². The first-order valence-electron chi connectivity index (χ1n) is 7.73. The lowest BCUT2D eigenvalue weighted by Crippen LogP contribution is -2.28. The fraction of sp³-hybridized carbons (Fsp3) is 0.294. The van der Waals surface area contributed by atoms with Gasteiger partial charge in [-0.15, -0.1) is 13.2 Å². The van der Waals surface area contributed by atoms with E-state index in [-0.39, 0.29) is 30.7 Å². The number of nitrogens with one attached hydrogen (secondary N) is 1. The molecule has 0 saturated carbocycles. The van der Waals surface area contributed by atoms with Crippen LogP contribution in [0.15, 0.2) is 42.6 Å². The van der Waals surface area contributed by atoms with Crippen molar-refractivity contribution in [2.45, 2.75) is 13.3 Å². The maximum atomic E-state index is 12.1. The summed E-state index contributed by atoms with van der Waals surface area (Å²) in [7, 11) is 0. The largest absolute Gasteiger partial charge is 0.573 e. The summed E-state index contributed by atoms with van der Waals surface area (Å²) in [4.78, 5) is 16.1. The first-order chi connectivity index (χ1) is 12.4. The molecule has 2 rings (SSSR count). The molecule has 2 aromatic rings. The molecule has 0 aliphatic rings. The molecular weight excluding hydrogens is 353 g/mol. The number of benzene rings is 1. The van der Waals surface area contributed by atoms with Crippen molar-refractivity contribution in [2.75, 3.05) is 19.8 Å². The molecule has 6 nitrogen and oxygen atoms in total. The Morgan fingerprint density at radius 2 is 1.81 bits per heavy atom. The summed E-state index contributed by atoms with van der Waals surface area (Å²) < 4.78 is 50.6. The van der Waals surface area contributed by atoms with Gasteiger partial charge in [0.25, 0.3) is 5.91 Å². The van der Waals surface area contributed by atoms with Crippen molar-refractivity contribution in [1.29, 1.82) is 0 Å². The van der Waals surface area contributed by atoms with Crippen LogP contribution in [0.1, 0.15) is 17.3 Å². The van der Waals surface area contributed by atoms with Crippen LogP contribution in [0.3, 0.4) is 0 Å². The van der Waals surface area contributed by atoms with Crippen LogP contribution in [0, 0.1) is 0 Å². The highest BCUT2D eigenvalue weighted by molar-refractivity contribution is 5.96. The van der Waals surface area contributed by atoms with E-state index in [2.05, 4.69) is 15.0 Å². The van der Waals surface area contributed by atoms with Gasteiger partial charge in [0.1, 0.15) is 23.7 Å². The van der Waals surface area contributed by atoms with E-state index in [1.807, 2.05) is 0 Å². The third-order valence-corrected chi connectivity index (χ3v) is 3.01. The Balaban J connectivity index is 1.79. The van der Waals surface area contributed by atoms with Gasteiger partial charge in [-0.1, -0.05) is 0 Å². The van der Waals surface area contributed by atoms with Gasteiger partial charge < -0.3 is 19.5 Å². The molecule has 26 heavy (non-hydrogen) atoms. The summed E-state index contributed by atoms with van der Waals surface area (Å²) in [5.74, 6) is -0.101. The van der Waals surface area contributed by atoms with Crippen molar-refractivity contribution in [3.63, 3.8) is 0 Å². The van der Waals surface area contributed by atoms with Gasteiger partial charge in [-0.2, -0.15) is 0 Å². The van der Waals surface area contributed by atoms with Crippen molar-refractivity contribution in [2.24, 2.45) is 0 Å². The molecule has 1 heterocycles. The standard InChI is InChI=1S/C17H17F3N2O4/c1-2-24-16-14(4-3-9-22-16)15(23)21-10-11-25-12-5-7-13(8-6-12)26-17(18,19)20/h3-9H,2,10-11H2,1H3,(H,21,23). The van der Waals surface area contributed by atoms with E-state index in [1.54, 1.807) is 19.1 Å². The van der Waals surface area contributed by atoms with E-state index in [1.165, 1.54) is 18.3 Å². The fourth-order valence-electron chi connectivity index (χ4n) is 1.98. The second-order valence-electron chi connectivity index (χ2n) is 4.91. The number of halogens is 3. The minimum Gasteiger partial charge on any atom is -0.492 e. The molecule has 0 atom stereocenters. The molecule has 140 valence electrons. The van der Waals surface area contributed by atoms with Crippen molar-refractivity contribution >= 4 is 5.91 Å². The van der Waals surface area contributed by atoms with E-state index >= 15 is 0 Å². The van der Waals surface area contributed by atoms with Gasteiger partial charge in [0.2, 0.25) is 5.88 Å². The lowest BCUT2D eigenvalue weighted by Gasteiger charge is -2.11. The van der Waals surface area contributed by atoms with Gasteiger partial charge in [0.05, 0.1) is 13.2 Å². The van der Waals surface area contributed by atoms with Gasteiger partial charge in [-0.3, -0.25) is 4.79 Å². The quantitative estimate of drug-likeness (QED) is 0.723. The van der Waals surface area contributed by atoms with Gasteiger partial charge in [-0.05, 0) is 43.3 Å². The Morgan fingerprint density at radius 3 is 2.46 bits per heavy atom. The molecule has 0 saturated heterocycles. The summed E-state index contributed by atoms with van der Waals surface area (Å²) in [6, 6.07) is 8.19. The number of nitrogens with zero attached hydrogens (tertiary/aromatic N) is 1. The number of pyridine rings is 1.